The Balaban J connectivity index is 0.00000225. The first-order chi connectivity index (χ1) is 11.7. The van der Waals surface area contributed by atoms with Gasteiger partial charge in [-0.25, -0.2) is 0 Å². The number of hydrogen-bond donors (Lipinski definition) is 1. The van der Waals surface area contributed by atoms with Gasteiger partial charge in [-0.1, -0.05) is 0 Å². The summed E-state index contributed by atoms with van der Waals surface area (Å²) in [5, 5.41) is 3.42. The number of ether oxygens (including phenoxy) is 2. The summed E-state index contributed by atoms with van der Waals surface area (Å²) in [5.41, 5.74) is 0. The molecule has 0 aliphatic carbocycles. The Kier molecular flexibility index (Phi) is 8.02. The molecule has 6 nitrogen and oxygen atoms in total. The van der Waals surface area contributed by atoms with Crippen LogP contribution >= 0.6 is 24.0 Å². The summed E-state index contributed by atoms with van der Waals surface area (Å²) in [6, 6.07) is 3.91. The number of nitrogens with one attached hydrogen (secondary N) is 1. The van der Waals surface area contributed by atoms with Crippen LogP contribution in [0.3, 0.4) is 0 Å². The molecule has 0 spiro atoms. The number of furan rings is 1. The molecule has 0 aromatic carbocycles. The van der Waals surface area contributed by atoms with Gasteiger partial charge < -0.3 is 24.1 Å². The molecule has 1 aromatic heterocycles. The maximum atomic E-state index is 5.88. The van der Waals surface area contributed by atoms with Gasteiger partial charge in [0.15, 0.2) is 11.7 Å². The second kappa shape index (κ2) is 9.78. The molecule has 2 fully saturated rings. The minimum Gasteiger partial charge on any atom is -0.469 e. The molecule has 2 aliphatic heterocycles. The fraction of sp³-hybridized carbons (Fsp3) is 0.722. The van der Waals surface area contributed by atoms with Gasteiger partial charge in [-0.3, -0.25) is 4.99 Å². The summed E-state index contributed by atoms with van der Waals surface area (Å²) < 4.78 is 17.1. The van der Waals surface area contributed by atoms with Crippen LogP contribution in [-0.4, -0.2) is 56.0 Å². The number of guanidine groups is 1. The monoisotopic (exact) mass is 463 g/mol. The molecule has 1 atom stereocenters. The highest BCUT2D eigenvalue weighted by molar-refractivity contribution is 14.0. The van der Waals surface area contributed by atoms with Crippen LogP contribution in [0, 0.1) is 5.92 Å². The van der Waals surface area contributed by atoms with Crippen molar-refractivity contribution < 1.29 is 13.9 Å². The van der Waals surface area contributed by atoms with E-state index in [0.717, 1.165) is 57.2 Å². The summed E-state index contributed by atoms with van der Waals surface area (Å²) in [7, 11) is 0. The van der Waals surface area contributed by atoms with Crippen LogP contribution in [0.2, 0.25) is 0 Å². The molecular formula is C18H30IN3O3. The van der Waals surface area contributed by atoms with Crippen LogP contribution in [0.15, 0.2) is 27.8 Å². The predicted octanol–water partition coefficient (Wildman–Crippen LogP) is 2.88. The Morgan fingerprint density at radius 3 is 2.88 bits per heavy atom. The third kappa shape index (κ3) is 5.34. The largest absolute Gasteiger partial charge is 0.469 e. The molecule has 3 heterocycles. The first-order valence-electron chi connectivity index (χ1n) is 9.05. The normalized spacial score (nSPS) is 23.4. The van der Waals surface area contributed by atoms with Crippen molar-refractivity contribution in [3.8, 4) is 0 Å². The van der Waals surface area contributed by atoms with Crippen LogP contribution in [0.25, 0.3) is 0 Å². The summed E-state index contributed by atoms with van der Waals surface area (Å²) >= 11 is 0. The van der Waals surface area contributed by atoms with E-state index in [0.29, 0.717) is 19.1 Å². The molecule has 0 radical (unpaired) electrons. The molecule has 2 saturated heterocycles. The molecule has 0 amide bonds. The smallest absolute Gasteiger partial charge is 0.193 e. The zero-order valence-electron chi connectivity index (χ0n) is 15.2. The minimum absolute atomic E-state index is 0. The standard InChI is InChI=1S/C18H29N3O3.HI/c1-3-19-17(20-9-8-16-7-5-11-22-16)21-10-4-6-15(14-21)18(2)23-12-13-24-18;/h5,7,11,15H,3-4,6,8-10,12-14H2,1-2H3,(H,19,20);1H. The van der Waals surface area contributed by atoms with Crippen LogP contribution < -0.4 is 5.32 Å². The summed E-state index contributed by atoms with van der Waals surface area (Å²) in [6.07, 6.45) is 4.80. The van der Waals surface area contributed by atoms with E-state index in [1.165, 1.54) is 0 Å². The zero-order chi connectivity index (χ0) is 16.8. The van der Waals surface area contributed by atoms with Gasteiger partial charge >= 0.3 is 0 Å². The van der Waals surface area contributed by atoms with E-state index < -0.39 is 5.79 Å². The molecule has 0 saturated carbocycles. The topological polar surface area (TPSA) is 59.2 Å². The average Bonchev–Trinajstić information content (AvgIpc) is 3.27. The Morgan fingerprint density at radius 1 is 1.40 bits per heavy atom. The Labute approximate surface area is 167 Å². The fourth-order valence-electron chi connectivity index (χ4n) is 3.52. The van der Waals surface area contributed by atoms with Crippen LogP contribution in [-0.2, 0) is 15.9 Å². The number of piperidine rings is 1. The van der Waals surface area contributed by atoms with E-state index in [9.17, 15) is 0 Å². The van der Waals surface area contributed by atoms with Gasteiger partial charge in [0.05, 0.1) is 19.5 Å². The lowest BCUT2D eigenvalue weighted by Crippen LogP contribution is -2.52. The first-order valence-corrected chi connectivity index (χ1v) is 9.05. The highest BCUT2D eigenvalue weighted by Gasteiger charge is 2.42. The zero-order valence-corrected chi connectivity index (χ0v) is 17.5. The second-order valence-electron chi connectivity index (χ2n) is 6.56. The van der Waals surface area contributed by atoms with E-state index in [2.05, 4.69) is 24.1 Å². The number of hydrogen-bond acceptors (Lipinski definition) is 4. The van der Waals surface area contributed by atoms with E-state index in [1.807, 2.05) is 12.1 Å². The summed E-state index contributed by atoms with van der Waals surface area (Å²) in [5.74, 6) is 1.90. The third-order valence-corrected chi connectivity index (χ3v) is 4.86. The van der Waals surface area contributed by atoms with Gasteiger partial charge in [-0.15, -0.1) is 24.0 Å². The quantitative estimate of drug-likeness (QED) is 0.414. The summed E-state index contributed by atoms with van der Waals surface area (Å²) in [4.78, 5) is 7.13. The molecule has 2 aliphatic rings. The van der Waals surface area contributed by atoms with Crippen molar-refractivity contribution in [3.05, 3.63) is 24.2 Å². The van der Waals surface area contributed by atoms with Crippen molar-refractivity contribution in [1.82, 2.24) is 10.2 Å². The Bertz CT molecular complexity index is 530. The van der Waals surface area contributed by atoms with Crippen molar-refractivity contribution >= 4 is 29.9 Å². The molecule has 3 rings (SSSR count). The van der Waals surface area contributed by atoms with Crippen LogP contribution in [0.1, 0.15) is 32.4 Å². The van der Waals surface area contributed by atoms with Gasteiger partial charge in [-0.05, 0) is 38.8 Å². The van der Waals surface area contributed by atoms with E-state index in [4.69, 9.17) is 18.9 Å². The fourth-order valence-corrected chi connectivity index (χ4v) is 3.52. The van der Waals surface area contributed by atoms with Gasteiger partial charge in [-0.2, -0.15) is 0 Å². The van der Waals surface area contributed by atoms with Crippen LogP contribution in [0.5, 0.6) is 0 Å². The molecular weight excluding hydrogens is 433 g/mol. The average molecular weight is 463 g/mol. The molecule has 0 bridgehead atoms. The molecule has 1 unspecified atom stereocenters. The molecule has 25 heavy (non-hydrogen) atoms. The lowest BCUT2D eigenvalue weighted by atomic mass is 9.90. The van der Waals surface area contributed by atoms with E-state index in [1.54, 1.807) is 6.26 Å². The summed E-state index contributed by atoms with van der Waals surface area (Å²) in [6.45, 7) is 9.12. The van der Waals surface area contributed by atoms with Crippen molar-refractivity contribution in [3.63, 3.8) is 0 Å². The van der Waals surface area contributed by atoms with Gasteiger partial charge in [0.25, 0.3) is 0 Å². The SMILES string of the molecule is CCNC(=NCCc1ccco1)N1CCCC(C2(C)OCCO2)C1.I. The number of halogens is 1. The van der Waals surface area contributed by atoms with Crippen molar-refractivity contribution in [2.24, 2.45) is 10.9 Å². The number of aliphatic imine (C=N–C) groups is 1. The van der Waals surface area contributed by atoms with Crippen molar-refractivity contribution in [2.75, 3.05) is 39.4 Å². The lowest BCUT2D eigenvalue weighted by molar-refractivity contribution is -0.189. The third-order valence-electron chi connectivity index (χ3n) is 4.86. The van der Waals surface area contributed by atoms with E-state index >= 15 is 0 Å². The molecule has 142 valence electrons. The first kappa shape index (κ1) is 20.5. The maximum Gasteiger partial charge on any atom is 0.193 e. The van der Waals surface area contributed by atoms with Crippen LogP contribution in [0.4, 0.5) is 0 Å². The van der Waals surface area contributed by atoms with E-state index in [-0.39, 0.29) is 24.0 Å². The highest BCUT2D eigenvalue weighted by Crippen LogP contribution is 2.34. The molecule has 7 heteroatoms. The number of nitrogens with zero attached hydrogens (tertiary/aromatic N) is 2. The Hall–Kier alpha value is -0.800. The number of likely N-dealkylation sites (tertiary alicyclic amines) is 1. The molecule has 1 aromatic rings. The lowest BCUT2D eigenvalue weighted by Gasteiger charge is -2.41. The number of rotatable bonds is 5. The van der Waals surface area contributed by atoms with Gasteiger partial charge in [0, 0.05) is 38.5 Å². The van der Waals surface area contributed by atoms with Gasteiger partial charge in [0.1, 0.15) is 5.76 Å². The second-order valence-corrected chi connectivity index (χ2v) is 6.56. The van der Waals surface area contributed by atoms with Crippen molar-refractivity contribution in [1.29, 1.82) is 0 Å². The maximum absolute atomic E-state index is 5.88. The minimum atomic E-state index is -0.440. The predicted molar refractivity (Wildman–Crippen MR) is 108 cm³/mol. The Morgan fingerprint density at radius 2 is 2.20 bits per heavy atom. The highest BCUT2D eigenvalue weighted by atomic mass is 127. The molecule has 1 N–H and O–H groups in total. The van der Waals surface area contributed by atoms with Crippen molar-refractivity contribution in [2.45, 2.75) is 38.9 Å². The van der Waals surface area contributed by atoms with Gasteiger partial charge in [0.2, 0.25) is 0 Å².